The van der Waals surface area contributed by atoms with Gasteiger partial charge in [0, 0.05) is 4.88 Å². The lowest BCUT2D eigenvalue weighted by Gasteiger charge is -2.27. The van der Waals surface area contributed by atoms with Crippen LogP contribution >= 0.6 is 33.9 Å². The van der Waals surface area contributed by atoms with E-state index in [0.717, 1.165) is 30.1 Å². The van der Waals surface area contributed by atoms with E-state index in [1.807, 2.05) is 26.0 Å². The zero-order chi connectivity index (χ0) is 16.7. The maximum absolute atomic E-state index is 12.5. The van der Waals surface area contributed by atoms with Gasteiger partial charge in [0.25, 0.3) is 5.91 Å². The summed E-state index contributed by atoms with van der Waals surface area (Å²) in [6.45, 7) is 4.01. The van der Waals surface area contributed by atoms with Gasteiger partial charge in [0.15, 0.2) is 11.5 Å². The molecule has 1 amide bonds. The third kappa shape index (κ3) is 2.76. The Morgan fingerprint density at radius 3 is 2.57 bits per heavy atom. The van der Waals surface area contributed by atoms with E-state index in [4.69, 9.17) is 9.47 Å². The highest BCUT2D eigenvalue weighted by molar-refractivity contribution is 14.1. The van der Waals surface area contributed by atoms with Gasteiger partial charge in [0.2, 0.25) is 0 Å². The molecule has 0 aliphatic carbocycles. The molecule has 23 heavy (non-hydrogen) atoms. The van der Waals surface area contributed by atoms with E-state index in [1.54, 1.807) is 25.6 Å². The number of rotatable bonds is 3. The average Bonchev–Trinajstić information content (AvgIpc) is 2.81. The molecule has 2 heterocycles. The van der Waals surface area contributed by atoms with E-state index in [1.165, 1.54) is 0 Å². The molecule has 122 valence electrons. The van der Waals surface area contributed by atoms with Crippen molar-refractivity contribution in [1.82, 2.24) is 5.32 Å². The molecule has 7 heteroatoms. The zero-order valence-corrected chi connectivity index (χ0v) is 16.2. The molecule has 5 nitrogen and oxygen atoms in total. The van der Waals surface area contributed by atoms with E-state index < -0.39 is 0 Å². The van der Waals surface area contributed by atoms with Crippen LogP contribution in [-0.4, -0.2) is 20.1 Å². The summed E-state index contributed by atoms with van der Waals surface area (Å²) in [5, 5.41) is 7.34. The molecule has 0 saturated heterocycles. The topological polar surface area (TPSA) is 59.6 Å². The molecule has 0 spiro atoms. The van der Waals surface area contributed by atoms with Gasteiger partial charge in [-0.3, -0.25) is 4.79 Å². The Hall–Kier alpha value is -1.48. The van der Waals surface area contributed by atoms with Crippen molar-refractivity contribution in [1.29, 1.82) is 0 Å². The molecule has 3 rings (SSSR count). The van der Waals surface area contributed by atoms with E-state index in [-0.39, 0.29) is 12.1 Å². The number of aryl methyl sites for hydroxylation is 1. The van der Waals surface area contributed by atoms with Crippen molar-refractivity contribution in [2.45, 2.75) is 20.0 Å². The number of thiophene rings is 1. The van der Waals surface area contributed by atoms with E-state index in [2.05, 4.69) is 33.2 Å². The quantitative estimate of drug-likeness (QED) is 0.707. The normalized spacial score (nSPS) is 16.4. The van der Waals surface area contributed by atoms with Gasteiger partial charge in [-0.05, 0) is 59.7 Å². The lowest BCUT2D eigenvalue weighted by molar-refractivity contribution is 0.0935. The highest BCUT2D eigenvalue weighted by Gasteiger charge is 2.29. The number of methoxy groups -OCH3 is 2. The summed E-state index contributed by atoms with van der Waals surface area (Å²) in [5.74, 6) is 1.30. The van der Waals surface area contributed by atoms with Crippen molar-refractivity contribution >= 4 is 44.8 Å². The minimum Gasteiger partial charge on any atom is -0.493 e. The van der Waals surface area contributed by atoms with Crippen molar-refractivity contribution in [3.8, 4) is 11.5 Å². The first-order valence-corrected chi connectivity index (χ1v) is 8.94. The Morgan fingerprint density at radius 2 is 1.91 bits per heavy atom. The summed E-state index contributed by atoms with van der Waals surface area (Å²) in [6.07, 6.45) is -0.291. The number of amides is 1. The molecule has 1 aromatic carbocycles. The maximum Gasteiger partial charge on any atom is 0.256 e. The Morgan fingerprint density at radius 1 is 1.17 bits per heavy atom. The smallest absolute Gasteiger partial charge is 0.256 e. The first kappa shape index (κ1) is 16.4. The van der Waals surface area contributed by atoms with Crippen molar-refractivity contribution < 1.29 is 14.3 Å². The second kappa shape index (κ2) is 6.20. The van der Waals surface area contributed by atoms with Crippen molar-refractivity contribution in [2.24, 2.45) is 0 Å². The molecule has 1 unspecified atom stereocenters. The molecule has 2 N–H and O–H groups in total. The molecular weight excluding hydrogens is 427 g/mol. The van der Waals surface area contributed by atoms with Gasteiger partial charge in [0.05, 0.1) is 23.4 Å². The fourth-order valence-electron chi connectivity index (χ4n) is 2.64. The summed E-state index contributed by atoms with van der Waals surface area (Å²) < 4.78 is 11.7. The number of ether oxygens (including phenoxy) is 2. The molecule has 0 bridgehead atoms. The Bertz CT molecular complexity index is 788. The second-order valence-corrected chi connectivity index (χ2v) is 7.66. The highest BCUT2D eigenvalue weighted by atomic mass is 127. The van der Waals surface area contributed by atoms with Crippen LogP contribution in [0, 0.1) is 17.4 Å². The first-order chi connectivity index (χ1) is 11.0. The number of fused-ring (bicyclic) bond motifs is 1. The Labute approximate surface area is 152 Å². The summed E-state index contributed by atoms with van der Waals surface area (Å²) in [7, 11) is 3.22. The van der Waals surface area contributed by atoms with Crippen LogP contribution in [0.4, 0.5) is 5.00 Å². The van der Waals surface area contributed by atoms with Crippen LogP contribution < -0.4 is 20.1 Å². The van der Waals surface area contributed by atoms with Gasteiger partial charge in [-0.2, -0.15) is 0 Å². The largest absolute Gasteiger partial charge is 0.493 e. The fourth-order valence-corrected chi connectivity index (χ4v) is 4.58. The molecule has 0 saturated carbocycles. The molecule has 1 aliphatic rings. The van der Waals surface area contributed by atoms with Gasteiger partial charge < -0.3 is 20.1 Å². The highest BCUT2D eigenvalue weighted by Crippen LogP contribution is 2.40. The van der Waals surface area contributed by atoms with Crippen LogP contribution in [0.25, 0.3) is 0 Å². The van der Waals surface area contributed by atoms with Crippen molar-refractivity contribution in [3.05, 3.63) is 37.3 Å². The molecule has 1 aliphatic heterocycles. The lowest BCUT2D eigenvalue weighted by Crippen LogP contribution is -2.38. The van der Waals surface area contributed by atoms with Crippen molar-refractivity contribution in [3.63, 3.8) is 0 Å². The van der Waals surface area contributed by atoms with Crippen LogP contribution in [0.15, 0.2) is 12.1 Å². The lowest BCUT2D eigenvalue weighted by atomic mass is 10.1. The summed E-state index contributed by atoms with van der Waals surface area (Å²) >= 11 is 3.81. The predicted octanol–water partition coefficient (Wildman–Crippen LogP) is 3.84. The number of carbonyl (C=O) groups excluding carboxylic acids is 1. The SMILES string of the molecule is COc1cc(C2NC(=O)c3c(sc(C)c3C)N2)cc(I)c1OC. The number of anilines is 1. The second-order valence-electron chi connectivity index (χ2n) is 5.28. The minimum atomic E-state index is -0.291. The fraction of sp³-hybridized carbons (Fsp3) is 0.312. The molecule has 1 atom stereocenters. The van der Waals surface area contributed by atoms with Crippen molar-refractivity contribution in [2.75, 3.05) is 19.5 Å². The van der Waals surface area contributed by atoms with Gasteiger partial charge in [-0.25, -0.2) is 0 Å². The number of nitrogens with one attached hydrogen (secondary N) is 2. The number of benzene rings is 1. The van der Waals surface area contributed by atoms with Gasteiger partial charge in [-0.1, -0.05) is 0 Å². The number of hydrogen-bond donors (Lipinski definition) is 2. The van der Waals surface area contributed by atoms with Gasteiger partial charge >= 0.3 is 0 Å². The average molecular weight is 444 g/mol. The molecule has 0 radical (unpaired) electrons. The standard InChI is InChI=1S/C16H17IN2O3S/c1-7-8(2)23-16-12(7)15(20)18-14(19-16)9-5-10(17)13(22-4)11(6-9)21-3/h5-6,14,19H,1-4H3,(H,18,20). The number of carbonyl (C=O) groups is 1. The van der Waals surface area contributed by atoms with E-state index in [0.29, 0.717) is 11.5 Å². The first-order valence-electron chi connectivity index (χ1n) is 7.05. The predicted molar refractivity (Wildman–Crippen MR) is 99.9 cm³/mol. The summed E-state index contributed by atoms with van der Waals surface area (Å²) in [4.78, 5) is 13.6. The van der Waals surface area contributed by atoms with Crippen LogP contribution in [-0.2, 0) is 0 Å². The molecule has 0 fully saturated rings. The molecule has 2 aromatic rings. The maximum atomic E-state index is 12.5. The molecule has 1 aromatic heterocycles. The van der Waals surface area contributed by atoms with Crippen LogP contribution in [0.2, 0.25) is 0 Å². The Kier molecular flexibility index (Phi) is 4.41. The van der Waals surface area contributed by atoms with Gasteiger partial charge in [0.1, 0.15) is 11.2 Å². The monoisotopic (exact) mass is 444 g/mol. The molecular formula is C16H17IN2O3S. The summed E-state index contributed by atoms with van der Waals surface area (Å²) in [5.41, 5.74) is 2.71. The third-order valence-electron chi connectivity index (χ3n) is 3.95. The van der Waals surface area contributed by atoms with E-state index >= 15 is 0 Å². The third-order valence-corrected chi connectivity index (χ3v) is 5.89. The van der Waals surface area contributed by atoms with Crippen LogP contribution in [0.3, 0.4) is 0 Å². The van der Waals surface area contributed by atoms with Gasteiger partial charge in [-0.15, -0.1) is 11.3 Å². The number of hydrogen-bond acceptors (Lipinski definition) is 5. The minimum absolute atomic E-state index is 0.0459. The Balaban J connectivity index is 2.01. The number of halogens is 1. The van der Waals surface area contributed by atoms with Crippen LogP contribution in [0.1, 0.15) is 32.5 Å². The van der Waals surface area contributed by atoms with Crippen LogP contribution in [0.5, 0.6) is 11.5 Å². The summed E-state index contributed by atoms with van der Waals surface area (Å²) in [6, 6.07) is 3.87. The van der Waals surface area contributed by atoms with E-state index in [9.17, 15) is 4.79 Å². The zero-order valence-electron chi connectivity index (χ0n) is 13.2.